The standard InChI is InChI=1S/C19H20BrFN2O2S/c1-12(14-3-5-15(20)6-4-14)22-19(25)13(2)26-11-18(24)23-17-9-7-16(21)8-10-17/h3-10,12-13H,11H2,1-2H3,(H,22,25)(H,23,24). The minimum Gasteiger partial charge on any atom is -0.349 e. The van der Waals surface area contributed by atoms with Gasteiger partial charge in [0.05, 0.1) is 17.0 Å². The molecule has 0 saturated heterocycles. The second-order valence-electron chi connectivity index (χ2n) is 5.79. The van der Waals surface area contributed by atoms with Gasteiger partial charge in [0.15, 0.2) is 0 Å². The average molecular weight is 439 g/mol. The normalized spacial score (nSPS) is 12.9. The maximum atomic E-state index is 12.8. The van der Waals surface area contributed by atoms with Gasteiger partial charge in [-0.25, -0.2) is 4.39 Å². The number of carbonyl (C=O) groups excluding carboxylic acids is 2. The van der Waals surface area contributed by atoms with E-state index in [2.05, 4.69) is 26.6 Å². The highest BCUT2D eigenvalue weighted by atomic mass is 79.9. The summed E-state index contributed by atoms with van der Waals surface area (Å²) >= 11 is 4.63. The number of anilines is 1. The van der Waals surface area contributed by atoms with Crippen LogP contribution in [-0.4, -0.2) is 22.8 Å². The Bertz CT molecular complexity index is 753. The number of carbonyl (C=O) groups is 2. The zero-order chi connectivity index (χ0) is 19.1. The van der Waals surface area contributed by atoms with E-state index in [-0.39, 0.29) is 34.7 Å². The summed E-state index contributed by atoms with van der Waals surface area (Å²) in [6.07, 6.45) is 0. The molecule has 0 saturated carbocycles. The summed E-state index contributed by atoms with van der Waals surface area (Å²) in [6.45, 7) is 3.68. The van der Waals surface area contributed by atoms with E-state index in [1.165, 1.54) is 36.0 Å². The van der Waals surface area contributed by atoms with Gasteiger partial charge in [-0.1, -0.05) is 28.1 Å². The number of amides is 2. The summed E-state index contributed by atoms with van der Waals surface area (Å²) in [6, 6.07) is 13.2. The number of thioether (sulfide) groups is 1. The first-order valence-corrected chi connectivity index (χ1v) is 9.92. The van der Waals surface area contributed by atoms with Crippen molar-refractivity contribution >= 4 is 45.2 Å². The molecule has 0 bridgehead atoms. The van der Waals surface area contributed by atoms with Crippen LogP contribution in [0.1, 0.15) is 25.5 Å². The second-order valence-corrected chi connectivity index (χ2v) is 8.03. The molecule has 2 aromatic carbocycles. The van der Waals surface area contributed by atoms with E-state index in [1.807, 2.05) is 31.2 Å². The van der Waals surface area contributed by atoms with Crippen LogP contribution in [0.25, 0.3) is 0 Å². The molecule has 7 heteroatoms. The zero-order valence-corrected chi connectivity index (χ0v) is 16.9. The fraction of sp³-hybridized carbons (Fsp3) is 0.263. The highest BCUT2D eigenvalue weighted by Gasteiger charge is 2.18. The number of halogens is 2. The van der Waals surface area contributed by atoms with E-state index in [9.17, 15) is 14.0 Å². The van der Waals surface area contributed by atoms with Crippen LogP contribution >= 0.6 is 27.7 Å². The third kappa shape index (κ3) is 6.46. The van der Waals surface area contributed by atoms with Crippen LogP contribution in [0.4, 0.5) is 10.1 Å². The molecule has 2 N–H and O–H groups in total. The highest BCUT2D eigenvalue weighted by Crippen LogP contribution is 2.18. The average Bonchev–Trinajstić information content (AvgIpc) is 2.62. The first-order valence-electron chi connectivity index (χ1n) is 8.08. The molecule has 4 nitrogen and oxygen atoms in total. The summed E-state index contributed by atoms with van der Waals surface area (Å²) in [5.41, 5.74) is 1.53. The highest BCUT2D eigenvalue weighted by molar-refractivity contribution is 9.10. The Labute approximate surface area is 165 Å². The molecular weight excluding hydrogens is 419 g/mol. The fourth-order valence-corrected chi connectivity index (χ4v) is 3.13. The van der Waals surface area contributed by atoms with Crippen molar-refractivity contribution in [2.45, 2.75) is 25.1 Å². The van der Waals surface area contributed by atoms with E-state index >= 15 is 0 Å². The van der Waals surface area contributed by atoms with E-state index in [1.54, 1.807) is 6.92 Å². The molecule has 0 aliphatic heterocycles. The fourth-order valence-electron chi connectivity index (χ4n) is 2.17. The van der Waals surface area contributed by atoms with Gasteiger partial charge in [0.1, 0.15) is 5.82 Å². The number of nitrogens with one attached hydrogen (secondary N) is 2. The van der Waals surface area contributed by atoms with Crippen molar-refractivity contribution in [1.82, 2.24) is 5.32 Å². The van der Waals surface area contributed by atoms with E-state index < -0.39 is 0 Å². The van der Waals surface area contributed by atoms with Gasteiger partial charge < -0.3 is 10.6 Å². The summed E-state index contributed by atoms with van der Waals surface area (Å²) in [5.74, 6) is -0.580. The Balaban J connectivity index is 1.78. The molecule has 0 heterocycles. The smallest absolute Gasteiger partial charge is 0.234 e. The molecule has 138 valence electrons. The lowest BCUT2D eigenvalue weighted by atomic mass is 10.1. The summed E-state index contributed by atoms with van der Waals surface area (Å²) in [4.78, 5) is 24.2. The Morgan fingerprint density at radius 1 is 1.08 bits per heavy atom. The molecule has 0 fully saturated rings. The van der Waals surface area contributed by atoms with E-state index in [0.29, 0.717) is 5.69 Å². The van der Waals surface area contributed by atoms with Gasteiger partial charge in [0, 0.05) is 10.2 Å². The van der Waals surface area contributed by atoms with E-state index in [0.717, 1.165) is 10.0 Å². The Hall–Kier alpha value is -1.86. The third-order valence-electron chi connectivity index (χ3n) is 3.69. The predicted molar refractivity (Wildman–Crippen MR) is 108 cm³/mol. The minimum atomic E-state index is -0.369. The van der Waals surface area contributed by atoms with Gasteiger partial charge >= 0.3 is 0 Å². The van der Waals surface area contributed by atoms with Crippen molar-refractivity contribution in [2.75, 3.05) is 11.1 Å². The molecule has 0 radical (unpaired) electrons. The van der Waals surface area contributed by atoms with Gasteiger partial charge in [-0.05, 0) is 55.8 Å². The van der Waals surface area contributed by atoms with Gasteiger partial charge in [0.2, 0.25) is 11.8 Å². The maximum absolute atomic E-state index is 12.8. The Morgan fingerprint density at radius 3 is 2.31 bits per heavy atom. The summed E-state index contributed by atoms with van der Waals surface area (Å²) in [7, 11) is 0. The van der Waals surface area contributed by atoms with Crippen LogP contribution < -0.4 is 10.6 Å². The van der Waals surface area contributed by atoms with Gasteiger partial charge in [-0.3, -0.25) is 9.59 Å². The Morgan fingerprint density at radius 2 is 1.69 bits per heavy atom. The molecule has 2 atom stereocenters. The van der Waals surface area contributed by atoms with Crippen molar-refractivity contribution in [3.63, 3.8) is 0 Å². The molecule has 0 aliphatic rings. The van der Waals surface area contributed by atoms with E-state index in [4.69, 9.17) is 0 Å². The van der Waals surface area contributed by atoms with Gasteiger partial charge in [-0.2, -0.15) is 0 Å². The zero-order valence-electron chi connectivity index (χ0n) is 14.5. The molecule has 2 rings (SSSR count). The quantitative estimate of drug-likeness (QED) is 0.667. The number of benzene rings is 2. The number of hydrogen-bond acceptors (Lipinski definition) is 3. The number of rotatable bonds is 7. The van der Waals surface area contributed by atoms with Crippen molar-refractivity contribution in [3.8, 4) is 0 Å². The lowest BCUT2D eigenvalue weighted by Crippen LogP contribution is -2.33. The van der Waals surface area contributed by atoms with Gasteiger partial charge in [0.25, 0.3) is 0 Å². The predicted octanol–water partition coefficient (Wildman–Crippen LogP) is 4.53. The van der Waals surface area contributed by atoms with Crippen LogP contribution in [0.5, 0.6) is 0 Å². The molecular formula is C19H20BrFN2O2S. The maximum Gasteiger partial charge on any atom is 0.234 e. The van der Waals surface area contributed by atoms with Crippen LogP contribution in [0.15, 0.2) is 53.0 Å². The third-order valence-corrected chi connectivity index (χ3v) is 5.36. The molecule has 26 heavy (non-hydrogen) atoms. The number of hydrogen-bond donors (Lipinski definition) is 2. The first-order chi connectivity index (χ1) is 12.3. The molecule has 0 aliphatic carbocycles. The first kappa shape index (κ1) is 20.5. The van der Waals surface area contributed by atoms with Crippen LogP contribution in [-0.2, 0) is 9.59 Å². The van der Waals surface area contributed by atoms with Crippen molar-refractivity contribution in [3.05, 3.63) is 64.4 Å². The van der Waals surface area contributed by atoms with Gasteiger partial charge in [-0.15, -0.1) is 11.8 Å². The molecule has 0 aromatic heterocycles. The second kappa shape index (κ2) is 9.73. The van der Waals surface area contributed by atoms with Crippen LogP contribution in [0, 0.1) is 5.82 Å². The topological polar surface area (TPSA) is 58.2 Å². The Kier molecular flexibility index (Phi) is 7.66. The lowest BCUT2D eigenvalue weighted by molar-refractivity contribution is -0.120. The monoisotopic (exact) mass is 438 g/mol. The lowest BCUT2D eigenvalue weighted by Gasteiger charge is -2.18. The molecule has 0 spiro atoms. The summed E-state index contributed by atoms with van der Waals surface area (Å²) < 4.78 is 13.8. The molecule has 2 aromatic rings. The molecule has 2 amide bonds. The van der Waals surface area contributed by atoms with Crippen molar-refractivity contribution in [1.29, 1.82) is 0 Å². The van der Waals surface area contributed by atoms with Crippen LogP contribution in [0.2, 0.25) is 0 Å². The van der Waals surface area contributed by atoms with Crippen LogP contribution in [0.3, 0.4) is 0 Å². The summed E-state index contributed by atoms with van der Waals surface area (Å²) in [5, 5.41) is 5.25. The molecule has 2 unspecified atom stereocenters. The largest absolute Gasteiger partial charge is 0.349 e. The SMILES string of the molecule is CC(SCC(=O)Nc1ccc(F)cc1)C(=O)NC(C)c1ccc(Br)cc1. The minimum absolute atomic E-state index is 0.119. The van der Waals surface area contributed by atoms with Crippen molar-refractivity contribution in [2.24, 2.45) is 0 Å². The van der Waals surface area contributed by atoms with Crippen molar-refractivity contribution < 1.29 is 14.0 Å².